The second-order valence-electron chi connectivity index (χ2n) is 7.37. The first-order valence-electron chi connectivity index (χ1n) is 9.89. The van der Waals surface area contributed by atoms with Crippen LogP contribution in [0.2, 0.25) is 0 Å². The van der Waals surface area contributed by atoms with E-state index in [9.17, 15) is 18.1 Å². The van der Waals surface area contributed by atoms with Gasteiger partial charge in [0.1, 0.15) is 16.9 Å². The number of nitriles is 1. The molecule has 0 amide bonds. The lowest BCUT2D eigenvalue weighted by atomic mass is 10.1. The van der Waals surface area contributed by atoms with Crippen LogP contribution in [0.5, 0.6) is 0 Å². The molecule has 0 saturated heterocycles. The van der Waals surface area contributed by atoms with E-state index in [0.29, 0.717) is 5.56 Å². The smallest absolute Gasteiger partial charge is 0.219 e. The standard InChI is InChI=1S/C25H23FN2O2S2/c1-17-13-18(2)24(19(3)14-17)28-25(31-16-20-9-7-8-12-22(20)26)23(15-27)32(29,30)21-10-5-4-6-11-21/h4-14,28H,16H2,1-3H3/b25-23+. The minimum atomic E-state index is -4.08. The van der Waals surface area contributed by atoms with E-state index in [1.165, 1.54) is 18.2 Å². The maximum atomic E-state index is 14.2. The molecule has 1 N–H and O–H groups in total. The van der Waals surface area contributed by atoms with Gasteiger partial charge < -0.3 is 5.32 Å². The minimum Gasteiger partial charge on any atom is -0.348 e. The zero-order valence-electron chi connectivity index (χ0n) is 18.0. The highest BCUT2D eigenvalue weighted by atomic mass is 32.2. The van der Waals surface area contributed by atoms with Gasteiger partial charge in [0, 0.05) is 11.4 Å². The summed E-state index contributed by atoms with van der Waals surface area (Å²) in [4.78, 5) is -0.371. The number of hydrogen-bond acceptors (Lipinski definition) is 5. The van der Waals surface area contributed by atoms with Crippen molar-refractivity contribution >= 4 is 27.3 Å². The molecule has 0 spiro atoms. The predicted molar refractivity (Wildman–Crippen MR) is 128 cm³/mol. The summed E-state index contributed by atoms with van der Waals surface area (Å²) in [5.41, 5.74) is 4.06. The van der Waals surface area contributed by atoms with Gasteiger partial charge in [0.2, 0.25) is 9.84 Å². The Morgan fingerprint density at radius 1 is 1.00 bits per heavy atom. The van der Waals surface area contributed by atoms with Gasteiger partial charge in [-0.05, 0) is 55.7 Å². The quantitative estimate of drug-likeness (QED) is 0.416. The van der Waals surface area contributed by atoms with Crippen LogP contribution in [0.3, 0.4) is 0 Å². The van der Waals surface area contributed by atoms with Crippen LogP contribution < -0.4 is 5.32 Å². The second-order valence-corrected chi connectivity index (χ2v) is 10.2. The van der Waals surface area contributed by atoms with E-state index in [1.807, 2.05) is 39.0 Å². The molecule has 0 fully saturated rings. The number of allylic oxidation sites excluding steroid dienone is 1. The van der Waals surface area contributed by atoms with E-state index in [2.05, 4.69) is 5.32 Å². The Kier molecular flexibility index (Phi) is 7.39. The highest BCUT2D eigenvalue weighted by Crippen LogP contribution is 2.34. The van der Waals surface area contributed by atoms with Crippen molar-refractivity contribution < 1.29 is 12.8 Å². The molecule has 3 aromatic rings. The third-order valence-electron chi connectivity index (χ3n) is 4.88. The van der Waals surface area contributed by atoms with Crippen molar-refractivity contribution in [1.29, 1.82) is 5.26 Å². The highest BCUT2D eigenvalue weighted by molar-refractivity contribution is 8.04. The molecule has 0 heterocycles. The van der Waals surface area contributed by atoms with Crippen molar-refractivity contribution in [3.05, 3.63) is 105 Å². The van der Waals surface area contributed by atoms with Crippen LogP contribution in [-0.4, -0.2) is 8.42 Å². The Labute approximate surface area is 192 Å². The lowest BCUT2D eigenvalue weighted by Gasteiger charge is -2.18. The molecule has 164 valence electrons. The molecule has 0 bridgehead atoms. The summed E-state index contributed by atoms with van der Waals surface area (Å²) in [5.74, 6) is -0.222. The maximum absolute atomic E-state index is 14.2. The number of rotatable bonds is 7. The van der Waals surface area contributed by atoms with Crippen LogP contribution in [-0.2, 0) is 15.6 Å². The largest absolute Gasteiger partial charge is 0.348 e. The molecule has 0 aliphatic carbocycles. The zero-order valence-corrected chi connectivity index (χ0v) is 19.6. The highest BCUT2D eigenvalue weighted by Gasteiger charge is 2.26. The van der Waals surface area contributed by atoms with E-state index in [0.717, 1.165) is 34.1 Å². The molecule has 32 heavy (non-hydrogen) atoms. The van der Waals surface area contributed by atoms with Gasteiger partial charge in [-0.1, -0.05) is 54.1 Å². The van der Waals surface area contributed by atoms with Gasteiger partial charge in [-0.15, -0.1) is 11.8 Å². The Balaban J connectivity index is 2.12. The molecule has 0 radical (unpaired) electrons. The number of halogens is 1. The molecule has 0 unspecified atom stereocenters. The monoisotopic (exact) mass is 466 g/mol. The van der Waals surface area contributed by atoms with E-state index in [4.69, 9.17) is 0 Å². The molecule has 7 heteroatoms. The third kappa shape index (κ3) is 5.21. The lowest BCUT2D eigenvalue weighted by molar-refractivity contribution is 0.603. The summed E-state index contributed by atoms with van der Waals surface area (Å²) < 4.78 is 40.8. The third-order valence-corrected chi connectivity index (χ3v) is 7.78. The van der Waals surface area contributed by atoms with Gasteiger partial charge in [-0.3, -0.25) is 0 Å². The van der Waals surface area contributed by atoms with Gasteiger partial charge in [0.05, 0.1) is 4.90 Å². The Morgan fingerprint density at radius 2 is 1.59 bits per heavy atom. The first kappa shape index (κ1) is 23.6. The Bertz CT molecular complexity index is 1290. The van der Waals surface area contributed by atoms with Gasteiger partial charge in [-0.25, -0.2) is 12.8 Å². The Morgan fingerprint density at radius 3 is 2.19 bits per heavy atom. The average molecular weight is 467 g/mol. The van der Waals surface area contributed by atoms with Crippen molar-refractivity contribution in [2.45, 2.75) is 31.4 Å². The molecule has 0 saturated carbocycles. The number of anilines is 1. The number of thioether (sulfide) groups is 1. The number of hydrogen-bond donors (Lipinski definition) is 1. The summed E-state index contributed by atoms with van der Waals surface area (Å²) in [5, 5.41) is 13.2. The maximum Gasteiger partial charge on any atom is 0.219 e. The van der Waals surface area contributed by atoms with Crippen LogP contribution in [0.15, 0.2) is 81.6 Å². The van der Waals surface area contributed by atoms with E-state index >= 15 is 0 Å². The number of benzene rings is 3. The summed E-state index contributed by atoms with van der Waals surface area (Å²) >= 11 is 1.09. The zero-order chi connectivity index (χ0) is 23.3. The molecular formula is C25H23FN2O2S2. The van der Waals surface area contributed by atoms with Crippen molar-refractivity contribution in [3.63, 3.8) is 0 Å². The molecular weight excluding hydrogens is 443 g/mol. The van der Waals surface area contributed by atoms with Crippen LogP contribution in [0.4, 0.5) is 10.1 Å². The van der Waals surface area contributed by atoms with Crippen molar-refractivity contribution in [2.75, 3.05) is 5.32 Å². The fraction of sp³-hybridized carbons (Fsp3) is 0.160. The first-order valence-corrected chi connectivity index (χ1v) is 12.4. The summed E-state index contributed by atoms with van der Waals surface area (Å²) in [6.45, 7) is 5.81. The first-order chi connectivity index (χ1) is 15.2. The Hall–Kier alpha value is -3.08. The minimum absolute atomic E-state index is 0.0275. The summed E-state index contributed by atoms with van der Waals surface area (Å²) in [6, 6.07) is 20.0. The van der Waals surface area contributed by atoms with Crippen molar-refractivity contribution in [2.24, 2.45) is 0 Å². The van der Waals surface area contributed by atoms with Crippen molar-refractivity contribution in [1.82, 2.24) is 0 Å². The van der Waals surface area contributed by atoms with E-state index in [-0.39, 0.29) is 21.5 Å². The fourth-order valence-electron chi connectivity index (χ4n) is 3.36. The SMILES string of the molecule is Cc1cc(C)c(N/C(SCc2ccccc2F)=C(/C#N)S(=O)(=O)c2ccccc2)c(C)c1. The summed E-state index contributed by atoms with van der Waals surface area (Å²) in [7, 11) is -4.08. The molecule has 3 aromatic carbocycles. The number of nitrogens with zero attached hydrogens (tertiary/aromatic N) is 1. The van der Waals surface area contributed by atoms with Gasteiger partial charge in [0.25, 0.3) is 0 Å². The van der Waals surface area contributed by atoms with Gasteiger partial charge >= 0.3 is 0 Å². The molecule has 0 atom stereocenters. The normalized spacial score (nSPS) is 12.1. The molecule has 0 aliphatic rings. The van der Waals surface area contributed by atoms with Gasteiger partial charge in [0.15, 0.2) is 4.91 Å². The molecule has 0 aliphatic heterocycles. The fourth-order valence-corrected chi connectivity index (χ4v) is 5.92. The predicted octanol–water partition coefficient (Wildman–Crippen LogP) is 6.26. The number of aryl methyl sites for hydroxylation is 3. The van der Waals surface area contributed by atoms with Gasteiger partial charge in [-0.2, -0.15) is 5.26 Å². The lowest BCUT2D eigenvalue weighted by Crippen LogP contribution is -2.11. The van der Waals surface area contributed by atoms with Crippen LogP contribution in [0.1, 0.15) is 22.3 Å². The summed E-state index contributed by atoms with van der Waals surface area (Å²) in [6.07, 6.45) is 0. The van der Waals surface area contributed by atoms with Crippen LogP contribution >= 0.6 is 11.8 Å². The second kappa shape index (κ2) is 10.0. The number of sulfone groups is 1. The topological polar surface area (TPSA) is 70.0 Å². The number of nitrogens with one attached hydrogen (secondary N) is 1. The van der Waals surface area contributed by atoms with E-state index < -0.39 is 14.7 Å². The van der Waals surface area contributed by atoms with E-state index in [1.54, 1.807) is 36.4 Å². The average Bonchev–Trinajstić information content (AvgIpc) is 2.76. The van der Waals surface area contributed by atoms with Crippen LogP contribution in [0.25, 0.3) is 0 Å². The molecule has 3 rings (SSSR count). The van der Waals surface area contributed by atoms with Crippen molar-refractivity contribution in [3.8, 4) is 6.07 Å². The molecule has 0 aromatic heterocycles. The van der Waals surface area contributed by atoms with Crippen LogP contribution in [0, 0.1) is 37.9 Å². The molecule has 4 nitrogen and oxygen atoms in total.